The Hall–Kier alpha value is -3.32. The van der Waals surface area contributed by atoms with E-state index in [1.165, 1.54) is 22.8 Å². The second-order valence-corrected chi connectivity index (χ2v) is 8.42. The number of piperidine rings is 1. The van der Waals surface area contributed by atoms with Gasteiger partial charge in [0.1, 0.15) is 24.0 Å². The second kappa shape index (κ2) is 10.1. The molecular formula is C26H27F2N3O2. The number of oxime groups is 1. The lowest BCUT2D eigenvalue weighted by Crippen LogP contribution is -2.29. The Morgan fingerprint density at radius 1 is 1.09 bits per heavy atom. The molecule has 0 bridgehead atoms. The summed E-state index contributed by atoms with van der Waals surface area (Å²) in [7, 11) is 0. The highest BCUT2D eigenvalue weighted by Crippen LogP contribution is 2.21. The van der Waals surface area contributed by atoms with Crippen LogP contribution in [0.2, 0.25) is 0 Å². The normalized spacial score (nSPS) is 15.0. The maximum Gasteiger partial charge on any atom is 0.255 e. The minimum atomic E-state index is -0.746. The van der Waals surface area contributed by atoms with Crippen molar-refractivity contribution in [2.75, 3.05) is 19.7 Å². The number of benzene rings is 2. The van der Waals surface area contributed by atoms with Crippen molar-refractivity contribution < 1.29 is 13.6 Å². The largest absolute Gasteiger partial charge is 0.395 e. The first-order valence-electron chi connectivity index (χ1n) is 11.1. The molecule has 5 nitrogen and oxygen atoms in total. The molecule has 33 heavy (non-hydrogen) atoms. The van der Waals surface area contributed by atoms with Crippen LogP contribution in [0.25, 0.3) is 5.69 Å². The van der Waals surface area contributed by atoms with Gasteiger partial charge in [-0.2, -0.15) is 0 Å². The molecule has 7 heteroatoms. The van der Waals surface area contributed by atoms with Crippen molar-refractivity contribution in [3.63, 3.8) is 0 Å². The smallest absolute Gasteiger partial charge is 0.255 e. The summed E-state index contributed by atoms with van der Waals surface area (Å²) < 4.78 is 29.9. The average molecular weight is 452 g/mol. The van der Waals surface area contributed by atoms with Gasteiger partial charge in [-0.25, -0.2) is 8.78 Å². The summed E-state index contributed by atoms with van der Waals surface area (Å²) in [5, 5.41) is 7.58. The second-order valence-electron chi connectivity index (χ2n) is 8.42. The van der Waals surface area contributed by atoms with Gasteiger partial charge in [0.05, 0.1) is 5.69 Å². The molecule has 1 saturated heterocycles. The molecule has 0 atom stereocenters. The minimum Gasteiger partial charge on any atom is -0.395 e. The number of rotatable bonds is 6. The summed E-state index contributed by atoms with van der Waals surface area (Å²) >= 11 is 0. The monoisotopic (exact) mass is 451 g/mol. The van der Waals surface area contributed by atoms with Gasteiger partial charge in [0.25, 0.3) is 5.56 Å². The number of hydrogen-bond acceptors (Lipinski definition) is 4. The van der Waals surface area contributed by atoms with Gasteiger partial charge < -0.3 is 10.2 Å². The molecule has 2 aromatic carbocycles. The highest BCUT2D eigenvalue weighted by molar-refractivity contribution is 6.12. The van der Waals surface area contributed by atoms with Crippen LogP contribution in [0.1, 0.15) is 35.1 Å². The van der Waals surface area contributed by atoms with Gasteiger partial charge in [-0.15, -0.1) is 0 Å². The third-order valence-corrected chi connectivity index (χ3v) is 5.98. The van der Waals surface area contributed by atoms with E-state index in [0.29, 0.717) is 18.1 Å². The van der Waals surface area contributed by atoms with Crippen molar-refractivity contribution in [3.05, 3.63) is 99.0 Å². The van der Waals surface area contributed by atoms with Crippen LogP contribution in [0.4, 0.5) is 8.78 Å². The minimum absolute atomic E-state index is 0.105. The van der Waals surface area contributed by atoms with Crippen LogP contribution >= 0.6 is 0 Å². The van der Waals surface area contributed by atoms with Gasteiger partial charge >= 0.3 is 0 Å². The number of hydrogen-bond donors (Lipinski definition) is 1. The Balaban J connectivity index is 1.77. The van der Waals surface area contributed by atoms with Crippen LogP contribution < -0.4 is 10.9 Å². The summed E-state index contributed by atoms with van der Waals surface area (Å²) in [6.07, 6.45) is 3.59. The topological polar surface area (TPSA) is 55.6 Å². The first kappa shape index (κ1) is 22.9. The molecule has 0 amide bonds. The average Bonchev–Trinajstić information content (AvgIpc) is 2.79. The van der Waals surface area contributed by atoms with Crippen LogP contribution in [-0.2, 0) is 4.84 Å². The van der Waals surface area contributed by atoms with Crippen molar-refractivity contribution in [1.29, 1.82) is 0 Å². The van der Waals surface area contributed by atoms with Crippen LogP contribution in [0.15, 0.2) is 64.7 Å². The van der Waals surface area contributed by atoms with E-state index in [2.05, 4.69) is 10.5 Å². The first-order chi connectivity index (χ1) is 15.9. The molecule has 0 radical (unpaired) electrons. The molecule has 1 aliphatic heterocycles. The van der Waals surface area contributed by atoms with E-state index < -0.39 is 11.6 Å². The van der Waals surface area contributed by atoms with E-state index in [1.807, 2.05) is 32.0 Å². The van der Waals surface area contributed by atoms with Crippen LogP contribution in [0, 0.1) is 31.4 Å². The quantitative estimate of drug-likeness (QED) is 0.444. The highest BCUT2D eigenvalue weighted by atomic mass is 19.1. The van der Waals surface area contributed by atoms with Gasteiger partial charge in [0.2, 0.25) is 0 Å². The van der Waals surface area contributed by atoms with Crippen molar-refractivity contribution in [2.45, 2.75) is 26.7 Å². The third-order valence-electron chi connectivity index (χ3n) is 5.98. The molecule has 2 heterocycles. The molecule has 172 valence electrons. The van der Waals surface area contributed by atoms with Crippen LogP contribution in [0.5, 0.6) is 0 Å². The molecule has 1 N–H and O–H groups in total. The van der Waals surface area contributed by atoms with Gasteiger partial charge in [-0.05, 0) is 75.0 Å². The highest BCUT2D eigenvalue weighted by Gasteiger charge is 2.18. The first-order valence-corrected chi connectivity index (χ1v) is 11.1. The lowest BCUT2D eigenvalue weighted by molar-refractivity contribution is 0.0946. The molecule has 0 saturated carbocycles. The molecule has 4 rings (SSSR count). The zero-order valence-electron chi connectivity index (χ0n) is 18.8. The lowest BCUT2D eigenvalue weighted by atomic mass is 10.00. The summed E-state index contributed by atoms with van der Waals surface area (Å²) in [4.78, 5) is 18.4. The molecule has 3 aromatic rings. The summed E-state index contributed by atoms with van der Waals surface area (Å²) in [6.45, 7) is 6.12. The predicted molar refractivity (Wildman–Crippen MR) is 125 cm³/mol. The maximum atomic E-state index is 14.7. The number of nitrogens with one attached hydrogen (secondary N) is 1. The lowest BCUT2D eigenvalue weighted by Gasteiger charge is -2.21. The van der Waals surface area contributed by atoms with Gasteiger partial charge in [0, 0.05) is 29.5 Å². The summed E-state index contributed by atoms with van der Waals surface area (Å²) in [5.74, 6) is -1.06. The number of para-hydroxylation sites is 1. The van der Waals surface area contributed by atoms with Gasteiger partial charge in [-0.1, -0.05) is 23.4 Å². The van der Waals surface area contributed by atoms with Crippen molar-refractivity contribution in [2.24, 2.45) is 11.1 Å². The standard InChI is InChI=1S/C26H27F2N3O2/c1-17-4-3-5-18(2)26(17)31-15-20(6-9-24(31)32)25(22-8-7-21(27)14-23(22)28)30-33-16-19-10-12-29-13-11-19/h3-9,14-15,19,29H,10-13,16H2,1-2H3/b30-25-. The number of nitrogens with zero attached hydrogens (tertiary/aromatic N) is 2. The van der Waals surface area contributed by atoms with Crippen molar-refractivity contribution >= 4 is 5.71 Å². The molecule has 1 aliphatic rings. The van der Waals surface area contributed by atoms with Crippen LogP contribution in [0.3, 0.4) is 0 Å². The molecule has 0 spiro atoms. The number of halogens is 2. The summed E-state index contributed by atoms with van der Waals surface area (Å²) in [5.41, 5.74) is 3.22. The Morgan fingerprint density at radius 2 is 1.82 bits per heavy atom. The molecule has 0 aliphatic carbocycles. The molecule has 1 aromatic heterocycles. The van der Waals surface area contributed by atoms with Gasteiger partial charge in [0.15, 0.2) is 0 Å². The Bertz CT molecular complexity index is 1210. The van der Waals surface area contributed by atoms with Crippen molar-refractivity contribution in [3.8, 4) is 5.69 Å². The van der Waals surface area contributed by atoms with Crippen LogP contribution in [-0.4, -0.2) is 30.0 Å². The van der Waals surface area contributed by atoms with E-state index >= 15 is 0 Å². The maximum absolute atomic E-state index is 14.7. The molecular weight excluding hydrogens is 424 g/mol. The molecule has 0 unspecified atom stereocenters. The Morgan fingerprint density at radius 3 is 2.52 bits per heavy atom. The SMILES string of the molecule is Cc1cccc(C)c1-n1cc(/C(=N/OCC2CCNCC2)c2ccc(F)cc2F)ccc1=O. The predicted octanol–water partition coefficient (Wildman–Crippen LogP) is 4.50. The zero-order valence-corrected chi connectivity index (χ0v) is 18.8. The fraction of sp³-hybridized carbons (Fsp3) is 0.308. The fourth-order valence-electron chi connectivity index (χ4n) is 4.18. The van der Waals surface area contributed by atoms with E-state index in [0.717, 1.165) is 48.8 Å². The third kappa shape index (κ3) is 5.20. The van der Waals surface area contributed by atoms with E-state index in [1.54, 1.807) is 12.3 Å². The van der Waals surface area contributed by atoms with Crippen molar-refractivity contribution in [1.82, 2.24) is 9.88 Å². The van der Waals surface area contributed by atoms with E-state index in [-0.39, 0.29) is 16.8 Å². The Labute approximate surface area is 191 Å². The zero-order chi connectivity index (χ0) is 23.4. The molecule has 1 fully saturated rings. The number of aryl methyl sites for hydroxylation is 2. The summed E-state index contributed by atoms with van der Waals surface area (Å²) in [6, 6.07) is 12.1. The Kier molecular flexibility index (Phi) is 6.99. The number of aromatic nitrogens is 1. The van der Waals surface area contributed by atoms with Gasteiger partial charge in [-0.3, -0.25) is 9.36 Å². The number of pyridine rings is 1. The fourth-order valence-corrected chi connectivity index (χ4v) is 4.18. The van der Waals surface area contributed by atoms with E-state index in [9.17, 15) is 13.6 Å². The van der Waals surface area contributed by atoms with E-state index in [4.69, 9.17) is 4.84 Å².